The number of ether oxygens (including phenoxy) is 2. The maximum absolute atomic E-state index is 12.1. The van der Waals surface area contributed by atoms with Crippen LogP contribution in [0.4, 0.5) is 0 Å². The van der Waals surface area contributed by atoms with E-state index in [-0.39, 0.29) is 11.8 Å². The largest absolute Gasteiger partial charge is 0.493 e. The Balaban J connectivity index is 1.76. The molecule has 1 aliphatic heterocycles. The lowest BCUT2D eigenvalue weighted by Gasteiger charge is -2.21. The molecule has 0 aromatic heterocycles. The molecule has 1 amide bonds. The highest BCUT2D eigenvalue weighted by Crippen LogP contribution is 2.14. The van der Waals surface area contributed by atoms with Crippen LogP contribution in [0.1, 0.15) is 24.8 Å². The maximum atomic E-state index is 12.1. The zero-order chi connectivity index (χ0) is 15.6. The van der Waals surface area contributed by atoms with Crippen LogP contribution in [-0.2, 0) is 16.1 Å². The molecule has 22 heavy (non-hydrogen) atoms. The minimum Gasteiger partial charge on any atom is -0.493 e. The minimum absolute atomic E-state index is 0.0993. The lowest BCUT2D eigenvalue weighted by molar-refractivity contribution is -0.125. The first-order chi connectivity index (χ1) is 10.8. The number of carbonyl (C=O) groups excluding carboxylic acids is 1. The van der Waals surface area contributed by atoms with E-state index < -0.39 is 0 Å². The summed E-state index contributed by atoms with van der Waals surface area (Å²) in [7, 11) is 1.69. The van der Waals surface area contributed by atoms with Crippen LogP contribution in [0.3, 0.4) is 0 Å². The lowest BCUT2D eigenvalue weighted by atomic mass is 9.99. The number of rotatable bonds is 8. The third-order valence-electron chi connectivity index (χ3n) is 3.79. The second-order valence-electron chi connectivity index (χ2n) is 5.60. The summed E-state index contributed by atoms with van der Waals surface area (Å²) in [5.41, 5.74) is 1.06. The highest BCUT2D eigenvalue weighted by Gasteiger charge is 2.20. The molecule has 5 nitrogen and oxygen atoms in total. The highest BCUT2D eigenvalue weighted by atomic mass is 16.5. The van der Waals surface area contributed by atoms with Crippen molar-refractivity contribution in [2.24, 2.45) is 5.92 Å². The van der Waals surface area contributed by atoms with E-state index in [0.29, 0.717) is 19.8 Å². The van der Waals surface area contributed by atoms with Crippen molar-refractivity contribution in [1.82, 2.24) is 10.6 Å². The fraction of sp³-hybridized carbons (Fsp3) is 0.588. The summed E-state index contributed by atoms with van der Waals surface area (Å²) < 4.78 is 10.7. The second-order valence-corrected chi connectivity index (χ2v) is 5.60. The summed E-state index contributed by atoms with van der Waals surface area (Å²) in [6.07, 6.45) is 2.91. The van der Waals surface area contributed by atoms with Crippen molar-refractivity contribution >= 4 is 5.91 Å². The Bertz CT molecular complexity index is 459. The summed E-state index contributed by atoms with van der Waals surface area (Å²) in [6, 6.07) is 7.87. The average molecular weight is 306 g/mol. The predicted molar refractivity (Wildman–Crippen MR) is 85.9 cm³/mol. The van der Waals surface area contributed by atoms with Crippen molar-refractivity contribution < 1.29 is 14.3 Å². The van der Waals surface area contributed by atoms with Crippen molar-refractivity contribution in [3.05, 3.63) is 29.8 Å². The summed E-state index contributed by atoms with van der Waals surface area (Å²) in [4.78, 5) is 12.1. The molecule has 0 saturated carbocycles. The van der Waals surface area contributed by atoms with Gasteiger partial charge in [0.1, 0.15) is 5.75 Å². The smallest absolute Gasteiger partial charge is 0.224 e. The van der Waals surface area contributed by atoms with Crippen LogP contribution in [0.25, 0.3) is 0 Å². The Kier molecular flexibility index (Phi) is 7.19. The molecule has 1 aliphatic rings. The number of carbonyl (C=O) groups is 1. The van der Waals surface area contributed by atoms with Gasteiger partial charge in [-0.1, -0.05) is 12.1 Å². The molecule has 5 heteroatoms. The molecule has 1 fully saturated rings. The van der Waals surface area contributed by atoms with Gasteiger partial charge in [0, 0.05) is 33.2 Å². The van der Waals surface area contributed by atoms with Gasteiger partial charge in [-0.25, -0.2) is 0 Å². The highest BCUT2D eigenvalue weighted by molar-refractivity contribution is 5.78. The Hall–Kier alpha value is -1.59. The van der Waals surface area contributed by atoms with Gasteiger partial charge in [0.25, 0.3) is 0 Å². The Morgan fingerprint density at radius 1 is 1.41 bits per heavy atom. The fourth-order valence-electron chi connectivity index (χ4n) is 2.55. The molecule has 122 valence electrons. The zero-order valence-corrected chi connectivity index (χ0v) is 13.3. The van der Waals surface area contributed by atoms with E-state index >= 15 is 0 Å². The number of piperidine rings is 1. The van der Waals surface area contributed by atoms with Gasteiger partial charge in [-0.05, 0) is 37.1 Å². The van der Waals surface area contributed by atoms with Crippen molar-refractivity contribution in [2.45, 2.75) is 25.8 Å². The van der Waals surface area contributed by atoms with E-state index in [0.717, 1.165) is 43.7 Å². The molecule has 1 unspecified atom stereocenters. The molecule has 0 radical (unpaired) electrons. The number of amides is 1. The molecule has 1 atom stereocenters. The van der Waals surface area contributed by atoms with Crippen LogP contribution in [0, 0.1) is 5.92 Å². The first-order valence-corrected chi connectivity index (χ1v) is 7.98. The van der Waals surface area contributed by atoms with Gasteiger partial charge in [0.05, 0.1) is 12.5 Å². The van der Waals surface area contributed by atoms with Gasteiger partial charge < -0.3 is 20.1 Å². The number of methoxy groups -OCH3 is 1. The molecule has 1 aromatic carbocycles. The van der Waals surface area contributed by atoms with E-state index in [1.807, 2.05) is 24.3 Å². The standard InChI is InChI=1S/C17H26N2O3/c1-21-9-4-10-22-16-7-2-5-14(11-16)12-19-17(20)15-6-3-8-18-13-15/h2,5,7,11,15,18H,3-4,6,8-10,12-13H2,1H3,(H,19,20). The van der Waals surface area contributed by atoms with E-state index in [2.05, 4.69) is 10.6 Å². The lowest BCUT2D eigenvalue weighted by Crippen LogP contribution is -2.40. The van der Waals surface area contributed by atoms with Gasteiger partial charge in [-0.3, -0.25) is 4.79 Å². The second kappa shape index (κ2) is 9.43. The van der Waals surface area contributed by atoms with Crippen LogP contribution in [0.5, 0.6) is 5.75 Å². The van der Waals surface area contributed by atoms with Crippen LogP contribution < -0.4 is 15.4 Å². The quantitative estimate of drug-likeness (QED) is 0.718. The topological polar surface area (TPSA) is 59.6 Å². The summed E-state index contributed by atoms with van der Waals surface area (Å²) in [6.45, 7) is 3.69. The molecular formula is C17H26N2O3. The number of benzene rings is 1. The van der Waals surface area contributed by atoms with E-state index in [4.69, 9.17) is 9.47 Å². The Morgan fingerprint density at radius 2 is 2.32 bits per heavy atom. The van der Waals surface area contributed by atoms with E-state index in [9.17, 15) is 4.79 Å². The van der Waals surface area contributed by atoms with Gasteiger partial charge in [-0.15, -0.1) is 0 Å². The predicted octanol–water partition coefficient (Wildman–Crippen LogP) is 1.72. The van der Waals surface area contributed by atoms with E-state index in [1.54, 1.807) is 7.11 Å². The van der Waals surface area contributed by atoms with Crippen molar-refractivity contribution in [3.8, 4) is 5.75 Å². The molecule has 0 aliphatic carbocycles. The van der Waals surface area contributed by atoms with Crippen molar-refractivity contribution in [2.75, 3.05) is 33.4 Å². The molecule has 1 aromatic rings. The summed E-state index contributed by atoms with van der Waals surface area (Å²) >= 11 is 0. The third kappa shape index (κ3) is 5.66. The molecule has 2 N–H and O–H groups in total. The van der Waals surface area contributed by atoms with Crippen LogP contribution in [-0.4, -0.2) is 39.3 Å². The van der Waals surface area contributed by atoms with Crippen molar-refractivity contribution in [1.29, 1.82) is 0 Å². The summed E-state index contributed by atoms with van der Waals surface area (Å²) in [5, 5.41) is 6.28. The summed E-state index contributed by atoms with van der Waals surface area (Å²) in [5.74, 6) is 1.07. The normalized spacial score (nSPS) is 18.0. The van der Waals surface area contributed by atoms with Crippen molar-refractivity contribution in [3.63, 3.8) is 0 Å². The molecule has 0 bridgehead atoms. The molecule has 2 rings (SSSR count). The SMILES string of the molecule is COCCCOc1cccc(CNC(=O)C2CCCNC2)c1. The monoisotopic (exact) mass is 306 g/mol. The zero-order valence-electron chi connectivity index (χ0n) is 13.3. The van der Waals surface area contributed by atoms with Gasteiger partial charge in [0.2, 0.25) is 5.91 Å². The fourth-order valence-corrected chi connectivity index (χ4v) is 2.55. The van der Waals surface area contributed by atoms with Gasteiger partial charge in [-0.2, -0.15) is 0 Å². The minimum atomic E-state index is 0.0993. The van der Waals surface area contributed by atoms with E-state index in [1.165, 1.54) is 0 Å². The average Bonchev–Trinajstić information content (AvgIpc) is 2.58. The first kappa shape index (κ1) is 16.8. The van der Waals surface area contributed by atoms with Crippen LogP contribution in [0.15, 0.2) is 24.3 Å². The Morgan fingerprint density at radius 3 is 3.09 bits per heavy atom. The molecule has 1 heterocycles. The first-order valence-electron chi connectivity index (χ1n) is 7.98. The third-order valence-corrected chi connectivity index (χ3v) is 3.79. The molecular weight excluding hydrogens is 280 g/mol. The number of hydrogen-bond acceptors (Lipinski definition) is 4. The number of hydrogen-bond donors (Lipinski definition) is 2. The molecule has 1 saturated heterocycles. The van der Waals surface area contributed by atoms with Gasteiger partial charge in [0.15, 0.2) is 0 Å². The number of nitrogens with one attached hydrogen (secondary N) is 2. The van der Waals surface area contributed by atoms with Gasteiger partial charge >= 0.3 is 0 Å². The molecule has 0 spiro atoms. The van der Waals surface area contributed by atoms with Crippen LogP contribution in [0.2, 0.25) is 0 Å². The maximum Gasteiger partial charge on any atom is 0.224 e. The van der Waals surface area contributed by atoms with Crippen LogP contribution >= 0.6 is 0 Å². The Labute approximate surface area is 132 Å².